The lowest BCUT2D eigenvalue weighted by Gasteiger charge is -2.13. The second-order valence-corrected chi connectivity index (χ2v) is 4.28. The quantitative estimate of drug-likeness (QED) is 0.316. The minimum atomic E-state index is -0.371. The van der Waals surface area contributed by atoms with Crippen molar-refractivity contribution in [1.29, 1.82) is 0 Å². The largest absolute Gasteiger partial charge is 1.00 e. The number of nitrogens with zero attached hydrogens (tertiary/aromatic N) is 1. The molecule has 114 valence electrons. The van der Waals surface area contributed by atoms with E-state index in [0.29, 0.717) is 13.0 Å². The summed E-state index contributed by atoms with van der Waals surface area (Å²) < 4.78 is 12.1. The van der Waals surface area contributed by atoms with Gasteiger partial charge < -0.3 is 31.8 Å². The summed E-state index contributed by atoms with van der Waals surface area (Å²) in [6, 6.07) is 6.00. The van der Waals surface area contributed by atoms with Gasteiger partial charge in [-0.15, -0.1) is 0 Å². The third-order valence-electron chi connectivity index (χ3n) is 2.84. The number of hydrogen-bond acceptors (Lipinski definition) is 3. The summed E-state index contributed by atoms with van der Waals surface area (Å²) in [5, 5.41) is 2.79. The van der Waals surface area contributed by atoms with Gasteiger partial charge in [0.25, 0.3) is 0 Å². The van der Waals surface area contributed by atoms with Crippen LogP contribution >= 0.6 is 0 Å². The van der Waals surface area contributed by atoms with E-state index in [2.05, 4.69) is 9.88 Å². The van der Waals surface area contributed by atoms with E-state index in [1.54, 1.807) is 14.2 Å². The molecule has 0 atom stereocenters. The molecule has 0 fully saturated rings. The maximum atomic E-state index is 11.6. The van der Waals surface area contributed by atoms with Crippen LogP contribution in [0.25, 0.3) is 0 Å². The maximum Gasteiger partial charge on any atom is 0.220 e. The highest BCUT2D eigenvalue weighted by Gasteiger charge is 2.08. The molecule has 1 aromatic rings. The number of unbranched alkanes of at least 4 members (excludes halogenated alkanes) is 1. The molecule has 20 heavy (non-hydrogen) atoms. The lowest BCUT2D eigenvalue weighted by Crippen LogP contribution is -3.00. The fourth-order valence-electron chi connectivity index (χ4n) is 1.71. The third-order valence-corrected chi connectivity index (χ3v) is 2.84. The molecule has 0 unspecified atom stereocenters. The van der Waals surface area contributed by atoms with Crippen molar-refractivity contribution >= 4 is 5.91 Å². The van der Waals surface area contributed by atoms with Gasteiger partial charge in [0, 0.05) is 39.2 Å². The van der Waals surface area contributed by atoms with Crippen molar-refractivity contribution in [3.63, 3.8) is 0 Å². The fourth-order valence-corrected chi connectivity index (χ4v) is 1.71. The Hall–Kier alpha value is -0.980. The number of pyridine rings is 1. The standard InChI is InChI=1S/C14H22N2O3.BrH/c1-18-14(19-2)12-15-13(17)8-4-7-11-16-9-5-3-6-10-16;/h3,5-6,9-10,14H,4,7-8,11-12H2,1-2H3;1H. The van der Waals surface area contributed by atoms with E-state index >= 15 is 0 Å². The first-order valence-electron chi connectivity index (χ1n) is 6.52. The van der Waals surface area contributed by atoms with Crippen LogP contribution < -0.4 is 26.9 Å². The second-order valence-electron chi connectivity index (χ2n) is 4.28. The van der Waals surface area contributed by atoms with E-state index in [0.717, 1.165) is 19.4 Å². The molecular weight excluding hydrogens is 324 g/mol. The summed E-state index contributed by atoms with van der Waals surface area (Å²) in [7, 11) is 3.11. The number of carbonyl (C=O) groups is 1. The molecule has 1 amide bonds. The zero-order chi connectivity index (χ0) is 13.9. The monoisotopic (exact) mass is 346 g/mol. The van der Waals surface area contributed by atoms with Gasteiger partial charge in [-0.25, -0.2) is 4.57 Å². The molecule has 6 heteroatoms. The molecule has 5 nitrogen and oxygen atoms in total. The summed E-state index contributed by atoms with van der Waals surface area (Å²) >= 11 is 0. The van der Waals surface area contributed by atoms with Crippen LogP contribution in [0.2, 0.25) is 0 Å². The second kappa shape index (κ2) is 11.8. The molecule has 1 heterocycles. The maximum absolute atomic E-state index is 11.6. The first-order chi connectivity index (χ1) is 9.26. The molecule has 0 saturated heterocycles. The molecule has 1 N–H and O–H groups in total. The summed E-state index contributed by atoms with van der Waals surface area (Å²) in [6.07, 6.45) is 6.08. The Kier molecular flexibility index (Phi) is 11.2. The number of aromatic nitrogens is 1. The van der Waals surface area contributed by atoms with Crippen LogP contribution in [0.5, 0.6) is 0 Å². The number of aryl methyl sites for hydroxylation is 1. The van der Waals surface area contributed by atoms with Crippen molar-refractivity contribution in [2.75, 3.05) is 20.8 Å². The molecule has 0 aromatic carbocycles. The number of ether oxygens (including phenoxy) is 2. The number of methoxy groups -OCH3 is 2. The minimum absolute atomic E-state index is 0. The number of halogens is 1. The Labute approximate surface area is 131 Å². The van der Waals surface area contributed by atoms with E-state index < -0.39 is 0 Å². The number of carbonyl (C=O) groups excluding carboxylic acids is 1. The molecule has 1 rings (SSSR count). The Balaban J connectivity index is 0.00000361. The average Bonchev–Trinajstić information content (AvgIpc) is 2.46. The molecular formula is C14H23BrN2O3. The van der Waals surface area contributed by atoms with E-state index in [1.165, 1.54) is 0 Å². The lowest BCUT2D eigenvalue weighted by atomic mass is 10.2. The fraction of sp³-hybridized carbons (Fsp3) is 0.571. The third kappa shape index (κ3) is 8.24. The van der Waals surface area contributed by atoms with Crippen molar-refractivity contribution in [1.82, 2.24) is 5.32 Å². The average molecular weight is 347 g/mol. The lowest BCUT2D eigenvalue weighted by molar-refractivity contribution is -0.697. The van der Waals surface area contributed by atoms with E-state index in [-0.39, 0.29) is 29.2 Å². The van der Waals surface area contributed by atoms with Crippen molar-refractivity contribution in [2.45, 2.75) is 32.1 Å². The molecule has 0 aliphatic carbocycles. The predicted octanol–water partition coefficient (Wildman–Crippen LogP) is -2.12. The SMILES string of the molecule is COC(CNC(=O)CCCC[n+]1ccccc1)OC.[Br-]. The number of amides is 1. The van der Waals surface area contributed by atoms with Crippen LogP contribution in [0, 0.1) is 0 Å². The molecule has 0 saturated carbocycles. The van der Waals surface area contributed by atoms with Crippen molar-refractivity contribution < 1.29 is 35.8 Å². The first-order valence-corrected chi connectivity index (χ1v) is 6.52. The smallest absolute Gasteiger partial charge is 0.220 e. The summed E-state index contributed by atoms with van der Waals surface area (Å²) in [5.74, 6) is 0.0390. The van der Waals surface area contributed by atoms with Crippen LogP contribution in [0.1, 0.15) is 19.3 Å². The molecule has 1 aromatic heterocycles. The Morgan fingerprint density at radius 1 is 1.15 bits per heavy atom. The number of hydrogen-bond donors (Lipinski definition) is 1. The highest BCUT2D eigenvalue weighted by molar-refractivity contribution is 5.75. The molecule has 0 radical (unpaired) electrons. The number of rotatable bonds is 9. The number of nitrogens with one attached hydrogen (secondary N) is 1. The first kappa shape index (κ1) is 19.0. The van der Waals surface area contributed by atoms with Crippen LogP contribution in [0.4, 0.5) is 0 Å². The van der Waals surface area contributed by atoms with Crippen molar-refractivity contribution in [3.05, 3.63) is 30.6 Å². The highest BCUT2D eigenvalue weighted by Crippen LogP contribution is 1.96. The van der Waals surface area contributed by atoms with Gasteiger partial charge in [0.1, 0.15) is 6.54 Å². The highest BCUT2D eigenvalue weighted by atomic mass is 79.9. The van der Waals surface area contributed by atoms with E-state index in [1.807, 2.05) is 30.6 Å². The van der Waals surface area contributed by atoms with Crippen LogP contribution in [0.3, 0.4) is 0 Å². The van der Waals surface area contributed by atoms with E-state index in [9.17, 15) is 4.79 Å². The summed E-state index contributed by atoms with van der Waals surface area (Å²) in [6.45, 7) is 1.33. The van der Waals surface area contributed by atoms with Crippen LogP contribution in [0.15, 0.2) is 30.6 Å². The van der Waals surface area contributed by atoms with Gasteiger partial charge in [-0.05, 0) is 6.42 Å². The van der Waals surface area contributed by atoms with E-state index in [4.69, 9.17) is 9.47 Å². The van der Waals surface area contributed by atoms with Crippen molar-refractivity contribution in [3.8, 4) is 0 Å². The normalized spacial score (nSPS) is 10.2. The van der Waals surface area contributed by atoms with Gasteiger partial charge in [-0.1, -0.05) is 6.07 Å². The van der Waals surface area contributed by atoms with Gasteiger partial charge in [0.2, 0.25) is 5.91 Å². The van der Waals surface area contributed by atoms with Gasteiger partial charge in [-0.2, -0.15) is 0 Å². The molecule has 0 aliphatic rings. The van der Waals surface area contributed by atoms with Gasteiger partial charge in [-0.3, -0.25) is 4.79 Å². The zero-order valence-corrected chi connectivity index (χ0v) is 13.6. The van der Waals surface area contributed by atoms with Crippen LogP contribution in [-0.2, 0) is 20.8 Å². The minimum Gasteiger partial charge on any atom is -1.00 e. The molecule has 0 spiro atoms. The predicted molar refractivity (Wildman–Crippen MR) is 71.3 cm³/mol. The molecule has 0 bridgehead atoms. The molecule has 0 aliphatic heterocycles. The summed E-state index contributed by atoms with van der Waals surface area (Å²) in [5.41, 5.74) is 0. The van der Waals surface area contributed by atoms with Crippen LogP contribution in [-0.4, -0.2) is 33.0 Å². The Morgan fingerprint density at radius 3 is 2.40 bits per heavy atom. The van der Waals surface area contributed by atoms with Crippen molar-refractivity contribution in [2.24, 2.45) is 0 Å². The van der Waals surface area contributed by atoms with Gasteiger partial charge >= 0.3 is 0 Å². The Morgan fingerprint density at radius 2 is 1.80 bits per heavy atom. The Bertz CT molecular complexity index is 359. The zero-order valence-electron chi connectivity index (χ0n) is 12.0. The van der Waals surface area contributed by atoms with Gasteiger partial charge in [0.15, 0.2) is 18.7 Å². The van der Waals surface area contributed by atoms with Gasteiger partial charge in [0.05, 0.1) is 6.54 Å². The topological polar surface area (TPSA) is 51.4 Å². The summed E-state index contributed by atoms with van der Waals surface area (Å²) in [4.78, 5) is 11.6.